The first-order valence-corrected chi connectivity index (χ1v) is 7.19. The quantitative estimate of drug-likeness (QED) is 0.590. The van der Waals surface area contributed by atoms with Crippen LogP contribution in [0, 0.1) is 0 Å². The van der Waals surface area contributed by atoms with Gasteiger partial charge in [-0.05, 0) is 30.5 Å². The fourth-order valence-electron chi connectivity index (χ4n) is 2.71. The summed E-state index contributed by atoms with van der Waals surface area (Å²) in [6.07, 6.45) is 5.03. The number of aryl methyl sites for hydroxylation is 1. The van der Waals surface area contributed by atoms with Crippen LogP contribution in [0.1, 0.15) is 28.9 Å². The van der Waals surface area contributed by atoms with Gasteiger partial charge in [0.15, 0.2) is 0 Å². The molecular formula is C16H22N2O4. The van der Waals surface area contributed by atoms with Crippen molar-refractivity contribution in [1.29, 1.82) is 0 Å². The molecule has 6 heteroatoms. The van der Waals surface area contributed by atoms with E-state index in [0.29, 0.717) is 12.2 Å². The van der Waals surface area contributed by atoms with Gasteiger partial charge in [-0.3, -0.25) is 4.79 Å². The third-order valence-electron chi connectivity index (χ3n) is 4.11. The molecule has 0 N–H and O–H groups in total. The Balaban J connectivity index is 2.12. The van der Waals surface area contributed by atoms with Gasteiger partial charge < -0.3 is 18.9 Å². The maximum Gasteiger partial charge on any atom is 0.354 e. The van der Waals surface area contributed by atoms with E-state index in [9.17, 15) is 9.59 Å². The molecule has 1 aromatic heterocycles. The van der Waals surface area contributed by atoms with Gasteiger partial charge in [-0.15, -0.1) is 0 Å². The van der Waals surface area contributed by atoms with E-state index in [4.69, 9.17) is 9.47 Å². The Kier molecular flexibility index (Phi) is 5.03. The fourth-order valence-corrected chi connectivity index (χ4v) is 2.71. The Hall–Kier alpha value is -2.08. The number of carbonyl (C=O) groups excluding carboxylic acids is 2. The first-order valence-electron chi connectivity index (χ1n) is 7.19. The third kappa shape index (κ3) is 3.22. The normalized spacial score (nSPS) is 20.1. The van der Waals surface area contributed by atoms with Gasteiger partial charge in [0, 0.05) is 32.9 Å². The zero-order valence-corrected chi connectivity index (χ0v) is 13.2. The molecule has 120 valence electrons. The summed E-state index contributed by atoms with van der Waals surface area (Å²) in [6.45, 7) is 4.01. The van der Waals surface area contributed by atoms with Crippen LogP contribution in [0.15, 0.2) is 24.9 Å². The predicted octanol–water partition coefficient (Wildman–Crippen LogP) is 1.50. The molecule has 22 heavy (non-hydrogen) atoms. The number of nitrogens with zero attached hydrogens (tertiary/aromatic N) is 2. The van der Waals surface area contributed by atoms with Crippen molar-refractivity contribution in [2.45, 2.75) is 31.5 Å². The van der Waals surface area contributed by atoms with Crippen molar-refractivity contribution in [3.8, 4) is 0 Å². The number of esters is 1. The van der Waals surface area contributed by atoms with Crippen LogP contribution in [-0.4, -0.2) is 47.7 Å². The Morgan fingerprint density at radius 1 is 1.45 bits per heavy atom. The molecule has 0 aliphatic heterocycles. The lowest BCUT2D eigenvalue weighted by Gasteiger charge is -2.41. The molecule has 2 rings (SSSR count). The maximum atomic E-state index is 12.1. The van der Waals surface area contributed by atoms with E-state index in [0.717, 1.165) is 18.4 Å². The number of rotatable bonds is 6. The third-order valence-corrected chi connectivity index (χ3v) is 4.11. The van der Waals surface area contributed by atoms with Gasteiger partial charge in [0.25, 0.3) is 0 Å². The molecule has 0 spiro atoms. The Morgan fingerprint density at radius 3 is 2.68 bits per heavy atom. The monoisotopic (exact) mass is 306 g/mol. The summed E-state index contributed by atoms with van der Waals surface area (Å²) in [4.78, 5) is 25.5. The largest absolute Gasteiger partial charge is 0.464 e. The zero-order chi connectivity index (χ0) is 16.3. The van der Waals surface area contributed by atoms with Crippen LogP contribution >= 0.6 is 0 Å². The second-order valence-corrected chi connectivity index (χ2v) is 5.49. The second-order valence-electron chi connectivity index (χ2n) is 5.49. The number of hydrogen-bond acceptors (Lipinski definition) is 4. The van der Waals surface area contributed by atoms with Crippen molar-refractivity contribution < 1.29 is 19.1 Å². The van der Waals surface area contributed by atoms with Crippen LogP contribution in [0.4, 0.5) is 0 Å². The highest BCUT2D eigenvalue weighted by Crippen LogP contribution is 2.29. The molecule has 1 amide bonds. The van der Waals surface area contributed by atoms with Crippen molar-refractivity contribution in [1.82, 2.24) is 9.47 Å². The Labute approximate surface area is 130 Å². The maximum absolute atomic E-state index is 12.1. The van der Waals surface area contributed by atoms with E-state index in [1.807, 2.05) is 6.20 Å². The highest BCUT2D eigenvalue weighted by molar-refractivity contribution is 5.88. The van der Waals surface area contributed by atoms with Gasteiger partial charge in [0.05, 0.1) is 13.2 Å². The van der Waals surface area contributed by atoms with Crippen LogP contribution in [0.25, 0.3) is 0 Å². The summed E-state index contributed by atoms with van der Waals surface area (Å²) < 4.78 is 11.7. The van der Waals surface area contributed by atoms with Crippen LogP contribution < -0.4 is 0 Å². The van der Waals surface area contributed by atoms with E-state index < -0.39 is 5.97 Å². The predicted molar refractivity (Wildman–Crippen MR) is 81.3 cm³/mol. The molecule has 0 radical (unpaired) electrons. The number of ether oxygens (including phenoxy) is 2. The standard InChI is InChI=1S/C16H22N2O4/c1-5-15(19)18(12-7-13(8-12)21-3)10-11-6-14(16(20)22-4)17(2)9-11/h5-6,9,12-13H,1,7-8,10H2,2-4H3. The molecule has 0 unspecified atom stereocenters. The molecule has 1 fully saturated rings. The molecule has 1 aliphatic carbocycles. The fraction of sp³-hybridized carbons (Fsp3) is 0.500. The van der Waals surface area contributed by atoms with Crippen LogP contribution in [0.5, 0.6) is 0 Å². The highest BCUT2D eigenvalue weighted by Gasteiger charge is 2.35. The minimum atomic E-state index is -0.390. The van der Waals surface area contributed by atoms with E-state index >= 15 is 0 Å². The Morgan fingerprint density at radius 2 is 2.14 bits per heavy atom. The van der Waals surface area contributed by atoms with Crippen molar-refractivity contribution in [3.63, 3.8) is 0 Å². The van der Waals surface area contributed by atoms with Crippen molar-refractivity contribution in [2.75, 3.05) is 14.2 Å². The van der Waals surface area contributed by atoms with Crippen LogP contribution in [0.2, 0.25) is 0 Å². The first-order chi connectivity index (χ1) is 10.5. The molecule has 0 bridgehead atoms. The van der Waals surface area contributed by atoms with E-state index in [1.165, 1.54) is 13.2 Å². The topological polar surface area (TPSA) is 60.8 Å². The molecule has 1 heterocycles. The van der Waals surface area contributed by atoms with Gasteiger partial charge in [0.1, 0.15) is 5.69 Å². The number of aromatic nitrogens is 1. The lowest BCUT2D eigenvalue weighted by molar-refractivity contribution is -0.134. The lowest BCUT2D eigenvalue weighted by atomic mass is 9.87. The summed E-state index contributed by atoms with van der Waals surface area (Å²) >= 11 is 0. The van der Waals surface area contributed by atoms with Gasteiger partial charge in [0.2, 0.25) is 5.91 Å². The zero-order valence-electron chi connectivity index (χ0n) is 13.2. The molecule has 0 atom stereocenters. The van der Waals surface area contributed by atoms with E-state index in [2.05, 4.69) is 6.58 Å². The smallest absolute Gasteiger partial charge is 0.354 e. The summed E-state index contributed by atoms with van der Waals surface area (Å²) in [5.74, 6) is -0.499. The van der Waals surface area contributed by atoms with Crippen LogP contribution in [-0.2, 0) is 27.9 Å². The lowest BCUT2D eigenvalue weighted by Crippen LogP contribution is -2.49. The van der Waals surface area contributed by atoms with Gasteiger partial charge >= 0.3 is 5.97 Å². The molecular weight excluding hydrogens is 284 g/mol. The minimum absolute atomic E-state index is 0.108. The summed E-state index contributed by atoms with van der Waals surface area (Å²) in [5, 5.41) is 0. The van der Waals surface area contributed by atoms with Crippen molar-refractivity contribution >= 4 is 11.9 Å². The average molecular weight is 306 g/mol. The SMILES string of the molecule is C=CC(=O)N(Cc1cc(C(=O)OC)n(C)c1)C1CC(OC)C1. The van der Waals surface area contributed by atoms with Gasteiger partial charge in [-0.1, -0.05) is 6.58 Å². The summed E-state index contributed by atoms with van der Waals surface area (Å²) in [6, 6.07) is 1.90. The second kappa shape index (κ2) is 6.79. The highest BCUT2D eigenvalue weighted by atomic mass is 16.5. The molecule has 0 saturated heterocycles. The number of carbonyl (C=O) groups is 2. The molecule has 1 aromatic rings. The molecule has 1 aliphatic rings. The van der Waals surface area contributed by atoms with Crippen LogP contribution in [0.3, 0.4) is 0 Å². The average Bonchev–Trinajstić information content (AvgIpc) is 2.84. The minimum Gasteiger partial charge on any atom is -0.464 e. The van der Waals surface area contributed by atoms with Gasteiger partial charge in [-0.2, -0.15) is 0 Å². The van der Waals surface area contributed by atoms with Crippen molar-refractivity contribution in [2.24, 2.45) is 7.05 Å². The van der Waals surface area contributed by atoms with Gasteiger partial charge in [-0.25, -0.2) is 4.79 Å². The number of amides is 1. The molecule has 6 nitrogen and oxygen atoms in total. The molecule has 1 saturated carbocycles. The van der Waals surface area contributed by atoms with E-state index in [-0.39, 0.29) is 18.1 Å². The number of methoxy groups -OCH3 is 2. The summed E-state index contributed by atoms with van der Waals surface area (Å²) in [5.41, 5.74) is 1.35. The summed E-state index contributed by atoms with van der Waals surface area (Å²) in [7, 11) is 4.81. The molecule has 0 aromatic carbocycles. The Bertz CT molecular complexity index is 573. The first kappa shape index (κ1) is 16.3. The number of hydrogen-bond donors (Lipinski definition) is 0. The van der Waals surface area contributed by atoms with Crippen molar-refractivity contribution in [3.05, 3.63) is 36.2 Å². The van der Waals surface area contributed by atoms with E-state index in [1.54, 1.807) is 29.7 Å².